The number of carboxylic acid groups (broad SMARTS) is 1. The summed E-state index contributed by atoms with van der Waals surface area (Å²) in [6.45, 7) is 6.49. The van der Waals surface area contributed by atoms with Crippen molar-refractivity contribution in [3.8, 4) is 0 Å². The number of hydrogen-bond acceptors (Lipinski definition) is 4. The topological polar surface area (TPSA) is 78.8 Å². The van der Waals surface area contributed by atoms with E-state index < -0.39 is 17.2 Å². The van der Waals surface area contributed by atoms with Gasteiger partial charge in [-0.05, 0) is 27.7 Å². The van der Waals surface area contributed by atoms with Crippen molar-refractivity contribution in [1.29, 1.82) is 0 Å². The van der Waals surface area contributed by atoms with Gasteiger partial charge in [0.05, 0.1) is 12.1 Å². The summed E-state index contributed by atoms with van der Waals surface area (Å²) in [5.74, 6) is -1.28. The molecule has 0 aromatic carbocycles. The monoisotopic (exact) mass is 191 g/mol. The zero-order chi connectivity index (χ0) is 10.7. The highest BCUT2D eigenvalue weighted by Gasteiger charge is 2.30. The molecule has 0 rings (SSSR count). The van der Waals surface area contributed by atoms with Gasteiger partial charge < -0.3 is 10.2 Å². The highest BCUT2D eigenvalue weighted by atomic mass is 16.7. The average molecular weight is 191 g/mol. The van der Waals surface area contributed by atoms with E-state index in [0.717, 1.165) is 0 Å². The number of nitrogens with one attached hydrogen (secondary N) is 1. The van der Waals surface area contributed by atoms with Crippen LogP contribution in [0.15, 0.2) is 0 Å². The molecule has 5 heteroatoms. The van der Waals surface area contributed by atoms with E-state index >= 15 is 0 Å². The summed E-state index contributed by atoms with van der Waals surface area (Å²) in [6, 6.07) is 0. The number of hydroxylamine groups is 1. The minimum Gasteiger partial charge on any atom is -0.479 e. The van der Waals surface area contributed by atoms with Crippen LogP contribution >= 0.6 is 0 Å². The fourth-order valence-corrected chi connectivity index (χ4v) is 0.469. The fraction of sp³-hybridized carbons (Fsp3) is 0.875. The second kappa shape index (κ2) is 4.04. The zero-order valence-corrected chi connectivity index (χ0v) is 8.42. The molecule has 0 aliphatic heterocycles. The maximum Gasteiger partial charge on any atom is 0.336 e. The molecule has 0 radical (unpaired) electrons. The van der Waals surface area contributed by atoms with Crippen LogP contribution in [0.25, 0.3) is 0 Å². The van der Waals surface area contributed by atoms with Crippen molar-refractivity contribution in [2.45, 2.75) is 38.9 Å². The fourth-order valence-electron chi connectivity index (χ4n) is 0.469. The Bertz CT molecular complexity index is 183. The molecule has 0 aliphatic rings. The summed E-state index contributed by atoms with van der Waals surface area (Å²) >= 11 is 0. The van der Waals surface area contributed by atoms with E-state index in [2.05, 4.69) is 5.48 Å². The van der Waals surface area contributed by atoms with Crippen molar-refractivity contribution in [1.82, 2.24) is 5.48 Å². The molecule has 0 saturated carbocycles. The first-order valence-electron chi connectivity index (χ1n) is 4.02. The van der Waals surface area contributed by atoms with Gasteiger partial charge in [-0.15, -0.1) is 0 Å². The van der Waals surface area contributed by atoms with E-state index in [1.54, 1.807) is 0 Å². The minimum absolute atomic E-state index is 0.153. The Balaban J connectivity index is 3.84. The lowest BCUT2D eigenvalue weighted by molar-refractivity contribution is -0.162. The Morgan fingerprint density at radius 1 is 1.38 bits per heavy atom. The van der Waals surface area contributed by atoms with Gasteiger partial charge in [-0.1, -0.05) is 0 Å². The van der Waals surface area contributed by atoms with Gasteiger partial charge >= 0.3 is 5.97 Å². The van der Waals surface area contributed by atoms with E-state index in [0.29, 0.717) is 0 Å². The molecule has 0 spiro atoms. The van der Waals surface area contributed by atoms with Crippen molar-refractivity contribution in [2.75, 3.05) is 6.54 Å². The maximum absolute atomic E-state index is 10.4. The first-order valence-corrected chi connectivity index (χ1v) is 4.02. The van der Waals surface area contributed by atoms with Gasteiger partial charge in [-0.2, -0.15) is 5.48 Å². The smallest absolute Gasteiger partial charge is 0.336 e. The Morgan fingerprint density at radius 3 is 2.15 bits per heavy atom. The molecule has 3 N–H and O–H groups in total. The van der Waals surface area contributed by atoms with E-state index in [-0.39, 0.29) is 6.54 Å². The third kappa shape index (κ3) is 5.57. The van der Waals surface area contributed by atoms with Gasteiger partial charge in [0.1, 0.15) is 0 Å². The normalized spacial score (nSPS) is 16.7. The predicted molar refractivity (Wildman–Crippen MR) is 47.1 cm³/mol. The number of rotatable bonds is 4. The highest BCUT2D eigenvalue weighted by molar-refractivity contribution is 5.76. The van der Waals surface area contributed by atoms with Gasteiger partial charge in [0, 0.05) is 0 Å². The number of aliphatic hydroxyl groups is 1. The van der Waals surface area contributed by atoms with Crippen LogP contribution < -0.4 is 5.48 Å². The molecule has 0 heterocycles. The van der Waals surface area contributed by atoms with Crippen LogP contribution in [-0.2, 0) is 9.63 Å². The summed E-state index contributed by atoms with van der Waals surface area (Å²) in [7, 11) is 0. The van der Waals surface area contributed by atoms with E-state index in [9.17, 15) is 9.90 Å². The molecule has 0 aromatic heterocycles. The average Bonchev–Trinajstić information content (AvgIpc) is 1.82. The van der Waals surface area contributed by atoms with Gasteiger partial charge in [0.2, 0.25) is 0 Å². The quantitative estimate of drug-likeness (QED) is 0.551. The Labute approximate surface area is 77.7 Å². The lowest BCUT2D eigenvalue weighted by Gasteiger charge is -2.23. The van der Waals surface area contributed by atoms with Gasteiger partial charge in [0.15, 0.2) is 5.60 Å². The van der Waals surface area contributed by atoms with Gasteiger partial charge in [-0.25, -0.2) is 4.79 Å². The Hall–Kier alpha value is -0.650. The number of aliphatic carboxylic acids is 1. The molecular formula is C8H17NO4. The van der Waals surface area contributed by atoms with E-state index in [4.69, 9.17) is 9.94 Å². The van der Waals surface area contributed by atoms with Crippen molar-refractivity contribution in [3.63, 3.8) is 0 Å². The van der Waals surface area contributed by atoms with Crippen LogP contribution in [0.5, 0.6) is 0 Å². The summed E-state index contributed by atoms with van der Waals surface area (Å²) < 4.78 is 0. The number of carbonyl (C=O) groups is 1. The van der Waals surface area contributed by atoms with E-state index in [1.165, 1.54) is 6.92 Å². The highest BCUT2D eigenvalue weighted by Crippen LogP contribution is 2.06. The van der Waals surface area contributed by atoms with Crippen LogP contribution in [0.1, 0.15) is 27.7 Å². The summed E-state index contributed by atoms with van der Waals surface area (Å²) in [5.41, 5.74) is 0.208. The summed E-state index contributed by atoms with van der Waals surface area (Å²) in [4.78, 5) is 15.5. The molecule has 5 nitrogen and oxygen atoms in total. The second-order valence-corrected chi connectivity index (χ2v) is 4.11. The van der Waals surface area contributed by atoms with Crippen molar-refractivity contribution < 1.29 is 19.8 Å². The first kappa shape index (κ1) is 12.3. The minimum atomic E-state index is -1.80. The molecule has 13 heavy (non-hydrogen) atoms. The summed E-state index contributed by atoms with van der Waals surface area (Å²) in [6.07, 6.45) is 0. The van der Waals surface area contributed by atoms with Gasteiger partial charge in [-0.3, -0.25) is 4.84 Å². The van der Waals surface area contributed by atoms with Crippen molar-refractivity contribution in [2.24, 2.45) is 0 Å². The molecule has 0 aliphatic carbocycles. The molecule has 0 fully saturated rings. The molecule has 1 unspecified atom stereocenters. The third-order valence-corrected chi connectivity index (χ3v) is 1.26. The predicted octanol–water partition coefficient (Wildman–Crippen LogP) is 0.142. The molecule has 0 saturated heterocycles. The Kier molecular flexibility index (Phi) is 3.84. The first-order chi connectivity index (χ1) is 5.65. The molecule has 1 atom stereocenters. The number of carboxylic acids is 1. The third-order valence-electron chi connectivity index (χ3n) is 1.26. The number of hydrogen-bond donors (Lipinski definition) is 3. The molecule has 0 aromatic rings. The van der Waals surface area contributed by atoms with E-state index in [1.807, 2.05) is 20.8 Å². The SMILES string of the molecule is CC(C)(C)ONCC(C)(O)C(=O)O. The van der Waals surface area contributed by atoms with Gasteiger partial charge in [0.25, 0.3) is 0 Å². The maximum atomic E-state index is 10.4. The molecule has 0 bridgehead atoms. The van der Waals surface area contributed by atoms with Crippen LogP contribution in [0.4, 0.5) is 0 Å². The summed E-state index contributed by atoms with van der Waals surface area (Å²) in [5, 5.41) is 17.8. The largest absolute Gasteiger partial charge is 0.479 e. The molecular weight excluding hydrogens is 174 g/mol. The second-order valence-electron chi connectivity index (χ2n) is 4.11. The van der Waals surface area contributed by atoms with Crippen LogP contribution in [-0.4, -0.2) is 33.9 Å². The lowest BCUT2D eigenvalue weighted by Crippen LogP contribution is -2.46. The zero-order valence-electron chi connectivity index (χ0n) is 8.42. The van der Waals surface area contributed by atoms with Crippen molar-refractivity contribution in [3.05, 3.63) is 0 Å². The molecule has 78 valence electrons. The van der Waals surface area contributed by atoms with Crippen LogP contribution in [0, 0.1) is 0 Å². The lowest BCUT2D eigenvalue weighted by atomic mass is 10.1. The van der Waals surface area contributed by atoms with Crippen LogP contribution in [0.2, 0.25) is 0 Å². The Morgan fingerprint density at radius 2 is 1.85 bits per heavy atom. The van der Waals surface area contributed by atoms with Crippen LogP contribution in [0.3, 0.4) is 0 Å². The van der Waals surface area contributed by atoms with Crippen molar-refractivity contribution >= 4 is 5.97 Å². The molecule has 0 amide bonds. The standard InChI is InChI=1S/C8H17NO4/c1-7(2,3)13-9-5-8(4,12)6(10)11/h9,12H,5H2,1-4H3,(H,10,11).